The number of unbranched alkanes of at least 4 members (excludes halogenated alkanes) is 2. The second-order valence-corrected chi connectivity index (χ2v) is 11.4. The Morgan fingerprint density at radius 1 is 1.16 bits per heavy atom. The lowest BCUT2D eigenvalue weighted by Crippen LogP contribution is -2.58. The zero-order valence-corrected chi connectivity index (χ0v) is 22.4. The quantitative estimate of drug-likeness (QED) is 0.229. The van der Waals surface area contributed by atoms with E-state index in [1.54, 1.807) is 11.0 Å². The zero-order valence-electron chi connectivity index (χ0n) is 22.4. The normalized spacial score (nSPS) is 32.9. The molecule has 0 radical (unpaired) electrons. The number of rotatable bonds is 13. The molecule has 5 atom stereocenters. The van der Waals surface area contributed by atoms with Crippen molar-refractivity contribution in [3.05, 3.63) is 25.3 Å². The van der Waals surface area contributed by atoms with Crippen LogP contribution in [0.1, 0.15) is 77.6 Å². The van der Waals surface area contributed by atoms with Gasteiger partial charge in [-0.1, -0.05) is 31.4 Å². The van der Waals surface area contributed by atoms with Gasteiger partial charge in [-0.15, -0.1) is 13.2 Å². The van der Waals surface area contributed by atoms with E-state index in [0.717, 1.165) is 44.9 Å². The number of allylic oxidation sites excluding steroid dienone is 1. The van der Waals surface area contributed by atoms with Gasteiger partial charge in [0.25, 0.3) is 0 Å². The van der Waals surface area contributed by atoms with Crippen molar-refractivity contribution in [2.24, 2.45) is 11.8 Å². The minimum atomic E-state index is -1.06. The summed E-state index contributed by atoms with van der Waals surface area (Å²) in [6.07, 6.45) is 12.8. The molecule has 4 rings (SSSR count). The summed E-state index contributed by atoms with van der Waals surface area (Å²) in [5.41, 5.74) is -1.90. The third-order valence-corrected chi connectivity index (χ3v) is 8.99. The monoisotopic (exact) mass is 516 g/mol. The van der Waals surface area contributed by atoms with Gasteiger partial charge in [0.05, 0.1) is 18.1 Å². The van der Waals surface area contributed by atoms with E-state index >= 15 is 0 Å². The molecule has 1 spiro atoms. The van der Waals surface area contributed by atoms with Crippen LogP contribution in [0.25, 0.3) is 0 Å². The standard InChI is InChI=1S/C29H44N2O6/c1-4-6-7-11-20-36-27(35)23-22-25(33)31(18-12-19-32)24(29(22)16-15-28(23,3)37-29)26(34)30(17-5-2)21-13-9-8-10-14-21/h4-5,21-24,32H,1-2,6-20H2,3H3/t22-,23-,24?,28+,29?/m0/s1. The van der Waals surface area contributed by atoms with Crippen LogP contribution in [0.3, 0.4) is 0 Å². The number of likely N-dealkylation sites (tertiary alicyclic amines) is 1. The molecule has 8 heteroatoms. The maximum absolute atomic E-state index is 14.3. The van der Waals surface area contributed by atoms with E-state index in [2.05, 4.69) is 13.2 Å². The van der Waals surface area contributed by atoms with Gasteiger partial charge in [-0.25, -0.2) is 0 Å². The average molecular weight is 517 g/mol. The Morgan fingerprint density at radius 2 is 1.92 bits per heavy atom. The van der Waals surface area contributed by atoms with Crippen LogP contribution < -0.4 is 0 Å². The molecule has 0 aromatic rings. The molecule has 3 saturated heterocycles. The zero-order chi connectivity index (χ0) is 26.6. The van der Waals surface area contributed by atoms with Crippen molar-refractivity contribution < 1.29 is 29.0 Å². The SMILES string of the molecule is C=CCCCCOC(=O)[C@@H]1[C@H]2C(=O)N(CCCO)C(C(=O)N(CC=C)C3CCCCC3)C23CC[C@@]1(C)O3. The van der Waals surface area contributed by atoms with Crippen LogP contribution in [-0.4, -0.2) is 82.3 Å². The van der Waals surface area contributed by atoms with E-state index in [-0.39, 0.29) is 31.0 Å². The summed E-state index contributed by atoms with van der Waals surface area (Å²) < 4.78 is 12.3. The third-order valence-electron chi connectivity index (χ3n) is 8.99. The number of aliphatic hydroxyl groups excluding tert-OH is 1. The number of nitrogens with zero attached hydrogens (tertiary/aromatic N) is 2. The molecule has 3 aliphatic heterocycles. The fourth-order valence-corrected chi connectivity index (χ4v) is 7.31. The summed E-state index contributed by atoms with van der Waals surface area (Å²) in [7, 11) is 0. The van der Waals surface area contributed by atoms with Crippen LogP contribution in [0, 0.1) is 11.8 Å². The highest BCUT2D eigenvalue weighted by Crippen LogP contribution is 2.63. The lowest BCUT2D eigenvalue weighted by Gasteiger charge is -2.40. The average Bonchev–Trinajstić information content (AvgIpc) is 3.46. The Hall–Kier alpha value is -2.19. The van der Waals surface area contributed by atoms with Crippen molar-refractivity contribution in [2.75, 3.05) is 26.3 Å². The molecule has 8 nitrogen and oxygen atoms in total. The highest BCUT2D eigenvalue weighted by Gasteiger charge is 2.78. The maximum Gasteiger partial charge on any atom is 0.312 e. The first-order chi connectivity index (χ1) is 17.8. The summed E-state index contributed by atoms with van der Waals surface area (Å²) in [4.78, 5) is 45.2. The largest absolute Gasteiger partial charge is 0.465 e. The molecular formula is C29H44N2O6. The molecule has 206 valence electrons. The lowest BCUT2D eigenvalue weighted by atomic mass is 9.66. The molecule has 1 aliphatic carbocycles. The number of amides is 2. The second kappa shape index (κ2) is 11.7. The van der Waals surface area contributed by atoms with Crippen molar-refractivity contribution in [3.8, 4) is 0 Å². The Labute approximate surface area is 221 Å². The predicted molar refractivity (Wildman–Crippen MR) is 139 cm³/mol. The molecule has 1 N–H and O–H groups in total. The number of hydrogen-bond donors (Lipinski definition) is 1. The summed E-state index contributed by atoms with van der Waals surface area (Å²) >= 11 is 0. The summed E-state index contributed by atoms with van der Waals surface area (Å²) in [5, 5.41) is 9.55. The van der Waals surface area contributed by atoms with Gasteiger partial charge in [0.2, 0.25) is 11.8 Å². The molecular weight excluding hydrogens is 472 g/mol. The van der Waals surface area contributed by atoms with Crippen LogP contribution in [0.2, 0.25) is 0 Å². The molecule has 4 fully saturated rings. The Balaban J connectivity index is 1.63. The van der Waals surface area contributed by atoms with Crippen molar-refractivity contribution >= 4 is 17.8 Å². The van der Waals surface area contributed by atoms with Gasteiger partial charge in [-0.3, -0.25) is 14.4 Å². The number of esters is 1. The first-order valence-corrected chi connectivity index (χ1v) is 14.1. The summed E-state index contributed by atoms with van der Waals surface area (Å²) in [6, 6.07) is -0.708. The van der Waals surface area contributed by atoms with Crippen LogP contribution in [0.15, 0.2) is 25.3 Å². The summed E-state index contributed by atoms with van der Waals surface area (Å²) in [5.74, 6) is -2.26. The molecule has 1 saturated carbocycles. The molecule has 0 aromatic carbocycles. The van der Waals surface area contributed by atoms with E-state index in [4.69, 9.17) is 9.47 Å². The first-order valence-electron chi connectivity index (χ1n) is 14.1. The maximum atomic E-state index is 14.3. The molecule has 2 bridgehead atoms. The van der Waals surface area contributed by atoms with Crippen molar-refractivity contribution in [1.82, 2.24) is 9.80 Å². The number of fused-ring (bicyclic) bond motifs is 1. The second-order valence-electron chi connectivity index (χ2n) is 11.4. The topological polar surface area (TPSA) is 96.4 Å². The number of carbonyl (C=O) groups excluding carboxylic acids is 3. The smallest absolute Gasteiger partial charge is 0.312 e. The Morgan fingerprint density at radius 3 is 2.59 bits per heavy atom. The molecule has 2 amide bonds. The van der Waals surface area contributed by atoms with Crippen molar-refractivity contribution in [3.63, 3.8) is 0 Å². The van der Waals surface area contributed by atoms with Crippen molar-refractivity contribution in [1.29, 1.82) is 0 Å². The summed E-state index contributed by atoms with van der Waals surface area (Å²) in [6.45, 7) is 10.4. The van der Waals surface area contributed by atoms with Gasteiger partial charge < -0.3 is 24.4 Å². The minimum Gasteiger partial charge on any atom is -0.465 e. The Bertz CT molecular complexity index is 886. The van der Waals surface area contributed by atoms with Gasteiger partial charge in [0.15, 0.2) is 0 Å². The van der Waals surface area contributed by atoms with Gasteiger partial charge in [-0.2, -0.15) is 0 Å². The van der Waals surface area contributed by atoms with Gasteiger partial charge in [0, 0.05) is 25.7 Å². The van der Waals surface area contributed by atoms with E-state index < -0.39 is 35.0 Å². The predicted octanol–water partition coefficient (Wildman–Crippen LogP) is 3.38. The Kier molecular flexibility index (Phi) is 8.79. The fraction of sp³-hybridized carbons (Fsp3) is 0.759. The van der Waals surface area contributed by atoms with E-state index in [0.29, 0.717) is 32.4 Å². The number of ether oxygens (including phenoxy) is 2. The van der Waals surface area contributed by atoms with Crippen LogP contribution in [0.5, 0.6) is 0 Å². The highest BCUT2D eigenvalue weighted by molar-refractivity contribution is 5.98. The van der Waals surface area contributed by atoms with Gasteiger partial charge in [-0.05, 0) is 58.3 Å². The third kappa shape index (κ3) is 4.99. The molecule has 37 heavy (non-hydrogen) atoms. The molecule has 4 aliphatic rings. The van der Waals surface area contributed by atoms with Crippen LogP contribution >= 0.6 is 0 Å². The van der Waals surface area contributed by atoms with Crippen molar-refractivity contribution in [2.45, 2.75) is 101 Å². The van der Waals surface area contributed by atoms with E-state index in [9.17, 15) is 19.5 Å². The van der Waals surface area contributed by atoms with E-state index in [1.165, 1.54) is 6.42 Å². The van der Waals surface area contributed by atoms with Crippen LogP contribution in [0.4, 0.5) is 0 Å². The molecule has 2 unspecified atom stereocenters. The fourth-order valence-electron chi connectivity index (χ4n) is 7.31. The van der Waals surface area contributed by atoms with Crippen LogP contribution in [-0.2, 0) is 23.9 Å². The lowest BCUT2D eigenvalue weighted by molar-refractivity contribution is -0.161. The molecule has 3 heterocycles. The minimum absolute atomic E-state index is 0.0872. The highest BCUT2D eigenvalue weighted by atomic mass is 16.6. The number of aliphatic hydroxyl groups is 1. The number of hydrogen-bond acceptors (Lipinski definition) is 6. The first kappa shape index (κ1) is 27.8. The van der Waals surface area contributed by atoms with Gasteiger partial charge >= 0.3 is 5.97 Å². The number of carbonyl (C=O) groups is 3. The van der Waals surface area contributed by atoms with E-state index in [1.807, 2.05) is 17.9 Å². The molecule has 0 aromatic heterocycles. The van der Waals surface area contributed by atoms with Gasteiger partial charge in [0.1, 0.15) is 17.6 Å².